The zero-order chi connectivity index (χ0) is 28.6. The summed E-state index contributed by atoms with van der Waals surface area (Å²) in [6.45, 7) is 1.85. The molecule has 6 rings (SSSR count). The molecule has 11 nitrogen and oxygen atoms in total. The third-order valence-electron chi connectivity index (χ3n) is 6.83. The molecular formula is C28H27F2N7O4. The summed E-state index contributed by atoms with van der Waals surface area (Å²) in [4.78, 5) is 13.0. The first-order valence-corrected chi connectivity index (χ1v) is 12.9. The monoisotopic (exact) mass is 563 g/mol. The normalized spacial score (nSPS) is 16.5. The third-order valence-corrected chi connectivity index (χ3v) is 6.83. The molecule has 4 heterocycles. The standard InChI is InChI=1S/C28H27F2N7O4/c1-16-8-19(22(39-3)12-21(16)40-17-5-7-37-25(11-17)33-15-35-37)36-27-26-20(32-14-34-27)9-18(38-2)10-23(26)41-24-4-6-31-13-28(24,29)30/h5,7-12,14-15,24,31H,4,6,13H2,1-3H3,(H,32,34,36). The number of anilines is 2. The highest BCUT2D eigenvalue weighted by Crippen LogP contribution is 2.41. The Hall–Kier alpha value is -4.78. The van der Waals surface area contributed by atoms with E-state index < -0.39 is 18.6 Å². The van der Waals surface area contributed by atoms with Crippen molar-refractivity contribution in [1.29, 1.82) is 0 Å². The fraction of sp³-hybridized carbons (Fsp3) is 0.286. The Balaban J connectivity index is 1.36. The molecule has 1 unspecified atom stereocenters. The van der Waals surface area contributed by atoms with Crippen molar-refractivity contribution in [3.05, 3.63) is 60.8 Å². The summed E-state index contributed by atoms with van der Waals surface area (Å²) in [6.07, 6.45) is 3.42. The van der Waals surface area contributed by atoms with Crippen molar-refractivity contribution in [2.45, 2.75) is 25.4 Å². The number of aryl methyl sites for hydroxylation is 1. The molecule has 1 aliphatic heterocycles. The van der Waals surface area contributed by atoms with Gasteiger partial charge in [0, 0.05) is 36.9 Å². The molecule has 0 spiro atoms. The maximum atomic E-state index is 14.7. The molecule has 1 saturated heterocycles. The van der Waals surface area contributed by atoms with Crippen LogP contribution in [0.15, 0.2) is 55.2 Å². The molecule has 5 aromatic rings. The zero-order valence-corrected chi connectivity index (χ0v) is 22.5. The van der Waals surface area contributed by atoms with E-state index in [9.17, 15) is 8.78 Å². The summed E-state index contributed by atoms with van der Waals surface area (Å²) < 4.78 is 54.1. The number of hydrogen-bond acceptors (Lipinski definition) is 10. The fourth-order valence-corrected chi connectivity index (χ4v) is 4.71. The summed E-state index contributed by atoms with van der Waals surface area (Å²) in [7, 11) is 3.03. The van der Waals surface area contributed by atoms with Crippen LogP contribution in [-0.2, 0) is 0 Å². The molecule has 0 amide bonds. The van der Waals surface area contributed by atoms with Gasteiger partial charge in [0.25, 0.3) is 5.92 Å². The van der Waals surface area contributed by atoms with E-state index in [1.807, 2.05) is 13.0 Å². The molecule has 13 heteroatoms. The first kappa shape index (κ1) is 26.4. The summed E-state index contributed by atoms with van der Waals surface area (Å²) in [5, 5.41) is 10.5. The minimum atomic E-state index is -3.05. The fourth-order valence-electron chi connectivity index (χ4n) is 4.71. The lowest BCUT2D eigenvalue weighted by atomic mass is 10.1. The molecule has 0 saturated carbocycles. The Bertz CT molecular complexity index is 1730. The average Bonchev–Trinajstić information content (AvgIpc) is 3.43. The number of alkyl halides is 2. The lowest BCUT2D eigenvalue weighted by molar-refractivity contribution is -0.108. The van der Waals surface area contributed by atoms with E-state index in [1.165, 1.54) is 19.8 Å². The molecule has 0 radical (unpaired) electrons. The third kappa shape index (κ3) is 5.23. The number of benzene rings is 2. The Kier molecular flexibility index (Phi) is 6.87. The quantitative estimate of drug-likeness (QED) is 0.270. The molecule has 1 aliphatic rings. The van der Waals surface area contributed by atoms with Gasteiger partial charge in [-0.2, -0.15) is 5.10 Å². The number of pyridine rings is 1. The summed E-state index contributed by atoms with van der Waals surface area (Å²) >= 11 is 0. The number of ether oxygens (including phenoxy) is 4. The van der Waals surface area contributed by atoms with Crippen LogP contribution < -0.4 is 29.6 Å². The molecule has 0 bridgehead atoms. The van der Waals surface area contributed by atoms with Gasteiger partial charge in [-0.05, 0) is 31.2 Å². The topological polar surface area (TPSA) is 117 Å². The molecule has 1 fully saturated rings. The van der Waals surface area contributed by atoms with Crippen LogP contribution in [0.2, 0.25) is 0 Å². The van der Waals surface area contributed by atoms with Gasteiger partial charge in [0.05, 0.1) is 37.4 Å². The van der Waals surface area contributed by atoms with Crippen LogP contribution >= 0.6 is 0 Å². The van der Waals surface area contributed by atoms with E-state index in [4.69, 9.17) is 18.9 Å². The first-order chi connectivity index (χ1) is 19.8. The van der Waals surface area contributed by atoms with Crippen molar-refractivity contribution in [2.24, 2.45) is 0 Å². The van der Waals surface area contributed by atoms with Gasteiger partial charge in [0.2, 0.25) is 0 Å². The zero-order valence-electron chi connectivity index (χ0n) is 22.5. The number of piperidine rings is 1. The van der Waals surface area contributed by atoms with E-state index in [0.29, 0.717) is 57.6 Å². The van der Waals surface area contributed by atoms with Gasteiger partial charge in [-0.25, -0.2) is 28.2 Å². The number of hydrogen-bond donors (Lipinski definition) is 2. The van der Waals surface area contributed by atoms with E-state index in [2.05, 4.69) is 30.7 Å². The smallest absolute Gasteiger partial charge is 0.296 e. The van der Waals surface area contributed by atoms with Gasteiger partial charge in [0.15, 0.2) is 11.8 Å². The molecule has 1 atom stereocenters. The van der Waals surface area contributed by atoms with Gasteiger partial charge >= 0.3 is 0 Å². The number of halogens is 2. The second kappa shape index (κ2) is 10.7. The molecule has 41 heavy (non-hydrogen) atoms. The number of rotatable bonds is 8. The Morgan fingerprint density at radius 3 is 2.66 bits per heavy atom. The van der Waals surface area contributed by atoms with Crippen LogP contribution in [0.5, 0.6) is 28.7 Å². The van der Waals surface area contributed by atoms with Crippen molar-refractivity contribution >= 4 is 28.1 Å². The lowest BCUT2D eigenvalue weighted by Crippen LogP contribution is -2.52. The van der Waals surface area contributed by atoms with Crippen molar-refractivity contribution in [3.8, 4) is 28.7 Å². The highest BCUT2D eigenvalue weighted by molar-refractivity contribution is 5.97. The number of fused-ring (bicyclic) bond motifs is 2. The highest BCUT2D eigenvalue weighted by Gasteiger charge is 2.43. The number of nitrogens with zero attached hydrogens (tertiary/aromatic N) is 5. The molecule has 2 aromatic carbocycles. The van der Waals surface area contributed by atoms with Crippen LogP contribution in [0.1, 0.15) is 12.0 Å². The van der Waals surface area contributed by atoms with Gasteiger partial charge in [-0.15, -0.1) is 0 Å². The van der Waals surface area contributed by atoms with Gasteiger partial charge in [-0.1, -0.05) is 0 Å². The molecule has 3 aromatic heterocycles. The highest BCUT2D eigenvalue weighted by atomic mass is 19.3. The summed E-state index contributed by atoms with van der Waals surface area (Å²) in [5.74, 6) is -0.446. The Morgan fingerprint density at radius 2 is 1.85 bits per heavy atom. The second-order valence-electron chi connectivity index (χ2n) is 9.55. The van der Waals surface area contributed by atoms with Crippen molar-refractivity contribution in [2.75, 3.05) is 32.6 Å². The molecule has 2 N–H and O–H groups in total. The summed E-state index contributed by atoms with van der Waals surface area (Å²) in [6, 6.07) is 10.4. The Labute approximate surface area is 233 Å². The first-order valence-electron chi connectivity index (χ1n) is 12.9. The predicted octanol–water partition coefficient (Wildman–Crippen LogP) is 4.91. The SMILES string of the molecule is COc1cc(OC2CCNCC2(F)F)c2c(Nc3cc(C)c(Oc4ccn5ncnc5c4)cc3OC)ncnc2c1. The van der Waals surface area contributed by atoms with Gasteiger partial charge in [0.1, 0.15) is 47.2 Å². The largest absolute Gasteiger partial charge is 0.497 e. The van der Waals surface area contributed by atoms with E-state index in [1.54, 1.807) is 48.2 Å². The minimum Gasteiger partial charge on any atom is -0.497 e. The van der Waals surface area contributed by atoms with E-state index in [-0.39, 0.29) is 12.2 Å². The van der Waals surface area contributed by atoms with Crippen LogP contribution in [0.3, 0.4) is 0 Å². The molecule has 212 valence electrons. The van der Waals surface area contributed by atoms with Gasteiger partial charge in [-0.3, -0.25) is 0 Å². The molecule has 0 aliphatic carbocycles. The molecular weight excluding hydrogens is 536 g/mol. The van der Waals surface area contributed by atoms with Crippen molar-refractivity contribution < 1.29 is 27.7 Å². The maximum Gasteiger partial charge on any atom is 0.296 e. The lowest BCUT2D eigenvalue weighted by Gasteiger charge is -2.32. The van der Waals surface area contributed by atoms with Crippen LogP contribution in [-0.4, -0.2) is 63.9 Å². The number of nitrogens with one attached hydrogen (secondary N) is 2. The van der Waals surface area contributed by atoms with Crippen molar-refractivity contribution in [1.82, 2.24) is 29.9 Å². The van der Waals surface area contributed by atoms with Crippen LogP contribution in [0, 0.1) is 6.92 Å². The average molecular weight is 564 g/mol. The van der Waals surface area contributed by atoms with Crippen molar-refractivity contribution in [3.63, 3.8) is 0 Å². The number of aromatic nitrogens is 5. The van der Waals surface area contributed by atoms with Crippen LogP contribution in [0.25, 0.3) is 16.6 Å². The number of methoxy groups -OCH3 is 2. The Morgan fingerprint density at radius 1 is 0.976 bits per heavy atom. The van der Waals surface area contributed by atoms with Crippen LogP contribution in [0.4, 0.5) is 20.3 Å². The predicted molar refractivity (Wildman–Crippen MR) is 147 cm³/mol. The van der Waals surface area contributed by atoms with E-state index >= 15 is 0 Å². The minimum absolute atomic E-state index is 0.140. The van der Waals surface area contributed by atoms with E-state index in [0.717, 1.165) is 5.56 Å². The van der Waals surface area contributed by atoms with Gasteiger partial charge < -0.3 is 29.6 Å². The summed E-state index contributed by atoms with van der Waals surface area (Å²) in [5.41, 5.74) is 2.51. The maximum absolute atomic E-state index is 14.7. The second-order valence-corrected chi connectivity index (χ2v) is 9.55.